The molecule has 4 aromatic heterocycles. The summed E-state index contributed by atoms with van der Waals surface area (Å²) >= 11 is 0. The van der Waals surface area contributed by atoms with Crippen LogP contribution in [0.3, 0.4) is 0 Å². The van der Waals surface area contributed by atoms with E-state index in [9.17, 15) is 4.79 Å². The number of benzene rings is 1. The lowest BCUT2D eigenvalue weighted by Gasteiger charge is -2.27. The van der Waals surface area contributed by atoms with Crippen molar-refractivity contribution in [1.29, 1.82) is 0 Å². The van der Waals surface area contributed by atoms with Crippen molar-refractivity contribution >= 4 is 52.2 Å². The molecule has 1 aliphatic heterocycles. The van der Waals surface area contributed by atoms with Gasteiger partial charge in [-0.05, 0) is 11.6 Å². The molecule has 1 saturated heterocycles. The van der Waals surface area contributed by atoms with Crippen molar-refractivity contribution in [3.8, 4) is 11.3 Å². The second-order valence-corrected chi connectivity index (χ2v) is 7.47. The lowest BCUT2D eigenvalue weighted by Crippen LogP contribution is -2.37. The molecule has 0 bridgehead atoms. The predicted octanol–water partition coefficient (Wildman–Crippen LogP) is 3.46. The second kappa shape index (κ2) is 8.57. The van der Waals surface area contributed by atoms with E-state index in [4.69, 9.17) is 14.1 Å². The van der Waals surface area contributed by atoms with Gasteiger partial charge in [-0.25, -0.2) is 4.98 Å². The number of hydrogen-bond acceptors (Lipinski definition) is 8. The lowest BCUT2D eigenvalue weighted by atomic mass is 10.2. The molecule has 1 fully saturated rings. The molecule has 5 heterocycles. The van der Waals surface area contributed by atoms with Gasteiger partial charge in [-0.3, -0.25) is 14.9 Å². The Kier molecular flexibility index (Phi) is 5.45. The largest absolute Gasteiger partial charge is 0.434 e. The molecule has 1 aliphatic rings. The quantitative estimate of drug-likeness (QED) is 0.368. The number of ether oxygens (including phenoxy) is 1. The van der Waals surface area contributed by atoms with Gasteiger partial charge in [0.05, 0.1) is 24.3 Å². The summed E-state index contributed by atoms with van der Waals surface area (Å²) in [7, 11) is 0. The van der Waals surface area contributed by atoms with Gasteiger partial charge in [0.25, 0.3) is 5.56 Å². The minimum Gasteiger partial charge on any atom is -0.434 e. The van der Waals surface area contributed by atoms with Crippen molar-refractivity contribution in [2.45, 2.75) is 0 Å². The Morgan fingerprint density at radius 2 is 1.85 bits per heavy atom. The lowest BCUT2D eigenvalue weighted by molar-refractivity contribution is 0.122. The smallest absolute Gasteiger partial charge is 0.250 e. The zero-order valence-corrected chi connectivity index (χ0v) is 18.2. The summed E-state index contributed by atoms with van der Waals surface area (Å²) in [5.74, 6) is 1.63. The van der Waals surface area contributed by atoms with Crippen molar-refractivity contribution in [2.75, 3.05) is 36.5 Å². The first-order chi connectivity index (χ1) is 15.7. The summed E-state index contributed by atoms with van der Waals surface area (Å²) in [6, 6.07) is 15.0. The second-order valence-electron chi connectivity index (χ2n) is 7.47. The molecule has 0 radical (unpaired) electrons. The standard InChI is InChI=1S/C22H19N7O3.ClH/c30-17-7-6-14-18-19(32-21(14)24-17)20(29-8-10-31-11-9-29)26-22(25-18)23-16-12-15(27-28-16)13-4-2-1-3-5-13;/h1-7,12H,8-11H2,(H,24,30)(H2,23,25,26,27,28);1H. The number of rotatable bonds is 4. The van der Waals surface area contributed by atoms with E-state index in [1.54, 1.807) is 6.07 Å². The van der Waals surface area contributed by atoms with E-state index in [-0.39, 0.29) is 18.0 Å². The summed E-state index contributed by atoms with van der Waals surface area (Å²) in [5.41, 5.74) is 3.20. The predicted molar refractivity (Wildman–Crippen MR) is 128 cm³/mol. The topological polar surface area (TPSA) is 125 Å². The maximum atomic E-state index is 11.8. The molecule has 0 spiro atoms. The highest BCUT2D eigenvalue weighted by molar-refractivity contribution is 6.05. The molecule has 0 atom stereocenters. The van der Waals surface area contributed by atoms with E-state index < -0.39 is 0 Å². The number of morpholine rings is 1. The van der Waals surface area contributed by atoms with Crippen LogP contribution in [0, 0.1) is 0 Å². The van der Waals surface area contributed by atoms with Gasteiger partial charge in [-0.15, -0.1) is 12.4 Å². The number of H-pyrrole nitrogens is 2. The maximum absolute atomic E-state index is 11.8. The van der Waals surface area contributed by atoms with Gasteiger partial charge in [-0.2, -0.15) is 10.1 Å². The number of nitrogens with zero attached hydrogens (tertiary/aromatic N) is 4. The van der Waals surface area contributed by atoms with Gasteiger partial charge in [-0.1, -0.05) is 30.3 Å². The number of hydrogen-bond donors (Lipinski definition) is 3. The third kappa shape index (κ3) is 3.90. The van der Waals surface area contributed by atoms with Crippen LogP contribution in [0.5, 0.6) is 0 Å². The summed E-state index contributed by atoms with van der Waals surface area (Å²) in [4.78, 5) is 26.0. The Morgan fingerprint density at radius 1 is 1.03 bits per heavy atom. The van der Waals surface area contributed by atoms with Crippen LogP contribution in [0.15, 0.2) is 57.7 Å². The fourth-order valence-electron chi connectivity index (χ4n) is 3.85. The average Bonchev–Trinajstić information content (AvgIpc) is 3.44. The minimum absolute atomic E-state index is 0. The minimum atomic E-state index is -0.235. The van der Waals surface area contributed by atoms with E-state index in [1.165, 1.54) is 6.07 Å². The Labute approximate surface area is 193 Å². The zero-order valence-electron chi connectivity index (χ0n) is 17.4. The van der Waals surface area contributed by atoms with E-state index in [0.717, 1.165) is 11.3 Å². The summed E-state index contributed by atoms with van der Waals surface area (Å²) in [5, 5.41) is 11.3. The van der Waals surface area contributed by atoms with Crippen molar-refractivity contribution < 1.29 is 9.15 Å². The molecule has 11 heteroatoms. The molecule has 0 saturated carbocycles. The third-order valence-corrected chi connectivity index (χ3v) is 5.40. The van der Waals surface area contributed by atoms with Gasteiger partial charge in [0.15, 0.2) is 17.2 Å². The molecule has 33 heavy (non-hydrogen) atoms. The fourth-order valence-corrected chi connectivity index (χ4v) is 3.85. The van der Waals surface area contributed by atoms with Crippen molar-refractivity contribution in [3.05, 3.63) is 58.9 Å². The Morgan fingerprint density at radius 3 is 2.67 bits per heavy atom. The van der Waals surface area contributed by atoms with Crippen LogP contribution in [-0.2, 0) is 4.74 Å². The summed E-state index contributed by atoms with van der Waals surface area (Å²) in [6.07, 6.45) is 0. The van der Waals surface area contributed by atoms with E-state index in [1.807, 2.05) is 36.4 Å². The highest BCUT2D eigenvalue weighted by Crippen LogP contribution is 2.33. The van der Waals surface area contributed by atoms with Gasteiger partial charge in [0.2, 0.25) is 11.7 Å². The van der Waals surface area contributed by atoms with E-state index in [2.05, 4.69) is 30.4 Å². The molecule has 0 aliphatic carbocycles. The van der Waals surface area contributed by atoms with E-state index >= 15 is 0 Å². The normalized spacial score (nSPS) is 13.9. The third-order valence-electron chi connectivity index (χ3n) is 5.40. The summed E-state index contributed by atoms with van der Waals surface area (Å²) in [6.45, 7) is 2.57. The highest BCUT2D eigenvalue weighted by Gasteiger charge is 2.22. The molecule has 3 N–H and O–H groups in total. The number of fused-ring (bicyclic) bond motifs is 3. The van der Waals surface area contributed by atoms with Crippen LogP contribution in [0.1, 0.15) is 0 Å². The van der Waals surface area contributed by atoms with Crippen molar-refractivity contribution in [1.82, 2.24) is 25.1 Å². The Hall–Kier alpha value is -3.89. The number of pyridine rings is 1. The Bertz CT molecular complexity index is 1470. The van der Waals surface area contributed by atoms with Gasteiger partial charge in [0, 0.05) is 25.2 Å². The van der Waals surface area contributed by atoms with Crippen LogP contribution in [-0.4, -0.2) is 51.5 Å². The van der Waals surface area contributed by atoms with Crippen LogP contribution in [0.25, 0.3) is 33.5 Å². The first-order valence-corrected chi connectivity index (χ1v) is 10.3. The SMILES string of the molecule is Cl.O=c1ccc2c([nH]1)oc1c(N3CCOCC3)nc(Nc3cc(-c4ccccc4)[nH]n3)nc12. The number of aromatic nitrogens is 5. The van der Waals surface area contributed by atoms with Crippen LogP contribution in [0.2, 0.25) is 0 Å². The average molecular weight is 466 g/mol. The van der Waals surface area contributed by atoms with E-state index in [0.29, 0.717) is 66.1 Å². The molecule has 5 aromatic rings. The molecule has 0 unspecified atom stereocenters. The first kappa shape index (κ1) is 21.0. The molecular formula is C22H20ClN7O3. The number of halogens is 1. The van der Waals surface area contributed by atoms with Crippen molar-refractivity contribution in [2.24, 2.45) is 0 Å². The first-order valence-electron chi connectivity index (χ1n) is 10.3. The number of nitrogens with one attached hydrogen (secondary N) is 3. The molecule has 1 aromatic carbocycles. The Balaban J connectivity index is 0.00000228. The molecular weight excluding hydrogens is 446 g/mol. The van der Waals surface area contributed by atoms with Gasteiger partial charge < -0.3 is 19.4 Å². The number of furan rings is 1. The molecule has 0 amide bonds. The molecule has 6 rings (SSSR count). The molecule has 10 nitrogen and oxygen atoms in total. The van der Waals surface area contributed by atoms with Crippen LogP contribution >= 0.6 is 12.4 Å². The highest BCUT2D eigenvalue weighted by atomic mass is 35.5. The van der Waals surface area contributed by atoms with Crippen LogP contribution in [0.4, 0.5) is 17.6 Å². The van der Waals surface area contributed by atoms with Gasteiger partial charge >= 0.3 is 0 Å². The number of anilines is 3. The molecule has 168 valence electrons. The maximum Gasteiger partial charge on any atom is 0.250 e. The fraction of sp³-hybridized carbons (Fsp3) is 0.182. The number of aromatic amines is 2. The zero-order chi connectivity index (χ0) is 21.5. The van der Waals surface area contributed by atoms with Gasteiger partial charge in [0.1, 0.15) is 5.52 Å². The van der Waals surface area contributed by atoms with Crippen LogP contribution < -0.4 is 15.8 Å². The van der Waals surface area contributed by atoms with Crippen molar-refractivity contribution in [3.63, 3.8) is 0 Å². The summed E-state index contributed by atoms with van der Waals surface area (Å²) < 4.78 is 11.5. The monoisotopic (exact) mass is 465 g/mol.